The number of pyridine rings is 1. The van der Waals surface area contributed by atoms with Crippen molar-refractivity contribution in [3.63, 3.8) is 0 Å². The van der Waals surface area contributed by atoms with Crippen molar-refractivity contribution < 1.29 is 43.0 Å². The number of nitrogens with zero attached hydrogens (tertiary/aromatic N) is 3. The molecule has 0 bridgehead atoms. The third-order valence-corrected chi connectivity index (χ3v) is 4.93. The Bertz CT molecular complexity index is 833. The summed E-state index contributed by atoms with van der Waals surface area (Å²) in [6, 6.07) is 15.5. The number of hydrogen-bond acceptors (Lipinski definition) is 0. The molecule has 0 aliphatic rings. The molecule has 3 aromatic rings. The lowest BCUT2D eigenvalue weighted by molar-refractivity contribution is -0.873. The van der Waals surface area contributed by atoms with E-state index in [0.717, 1.165) is 23.9 Å². The monoisotopic (exact) mass is 495 g/mol. The van der Waals surface area contributed by atoms with Gasteiger partial charge in [0.15, 0.2) is 18.9 Å². The van der Waals surface area contributed by atoms with Crippen LogP contribution in [0.1, 0.15) is 17.7 Å². The van der Waals surface area contributed by atoms with Crippen molar-refractivity contribution in [2.24, 2.45) is 7.05 Å². The molecular weight excluding hydrogens is 466 g/mol. The van der Waals surface area contributed by atoms with Gasteiger partial charge in [-0.25, -0.2) is 4.57 Å². The Morgan fingerprint density at radius 2 is 1.59 bits per heavy atom. The fourth-order valence-electron chi connectivity index (χ4n) is 3.39. The van der Waals surface area contributed by atoms with Crippen molar-refractivity contribution in [2.45, 2.75) is 25.8 Å². The van der Waals surface area contributed by atoms with Crippen LogP contribution < -0.4 is 38.5 Å². The predicted octanol–water partition coefficient (Wildman–Crippen LogP) is -2.64. The SMILES string of the molecule is Cn1c(CCc2cc[n+](CCC[N+](C)(C)C)cc2)cc2ccccc21.[Br-].[Br-]. The van der Waals surface area contributed by atoms with Crippen LogP contribution in [-0.2, 0) is 26.4 Å². The van der Waals surface area contributed by atoms with Crippen molar-refractivity contribution in [1.82, 2.24) is 4.57 Å². The highest BCUT2D eigenvalue weighted by molar-refractivity contribution is 5.81. The van der Waals surface area contributed by atoms with Crippen LogP contribution in [0.25, 0.3) is 10.9 Å². The van der Waals surface area contributed by atoms with Gasteiger partial charge in [0.25, 0.3) is 0 Å². The molecule has 0 aliphatic carbocycles. The highest BCUT2D eigenvalue weighted by atomic mass is 79.9. The second-order valence-corrected chi connectivity index (χ2v) is 8.07. The molecule has 27 heavy (non-hydrogen) atoms. The maximum Gasteiger partial charge on any atom is 0.169 e. The zero-order valence-corrected chi connectivity index (χ0v) is 20.0. The Labute approximate surface area is 184 Å². The van der Waals surface area contributed by atoms with E-state index in [4.69, 9.17) is 0 Å². The number of fused-ring (bicyclic) bond motifs is 1. The highest BCUT2D eigenvalue weighted by Crippen LogP contribution is 2.19. The largest absolute Gasteiger partial charge is 1.00 e. The van der Waals surface area contributed by atoms with Gasteiger partial charge in [0, 0.05) is 30.4 Å². The Morgan fingerprint density at radius 3 is 2.22 bits per heavy atom. The molecule has 0 N–H and O–H groups in total. The molecule has 3 nitrogen and oxygen atoms in total. The molecule has 5 heteroatoms. The van der Waals surface area contributed by atoms with E-state index >= 15 is 0 Å². The van der Waals surface area contributed by atoms with E-state index in [0.29, 0.717) is 0 Å². The normalized spacial score (nSPS) is 11.1. The smallest absolute Gasteiger partial charge is 0.169 e. The number of aryl methyl sites for hydroxylation is 4. The maximum absolute atomic E-state index is 2.32. The van der Waals surface area contributed by atoms with Gasteiger partial charge < -0.3 is 43.0 Å². The zero-order chi connectivity index (χ0) is 17.9. The first kappa shape index (κ1) is 23.9. The molecule has 148 valence electrons. The highest BCUT2D eigenvalue weighted by Gasteiger charge is 2.09. The third kappa shape index (κ3) is 6.74. The van der Waals surface area contributed by atoms with E-state index < -0.39 is 0 Å². The van der Waals surface area contributed by atoms with E-state index in [1.165, 1.54) is 35.1 Å². The first-order chi connectivity index (χ1) is 11.9. The van der Waals surface area contributed by atoms with Crippen molar-refractivity contribution in [1.29, 1.82) is 0 Å². The molecule has 0 unspecified atom stereocenters. The second-order valence-electron chi connectivity index (χ2n) is 8.07. The van der Waals surface area contributed by atoms with Gasteiger partial charge in [0.2, 0.25) is 0 Å². The number of hydrogen-bond donors (Lipinski definition) is 0. The number of para-hydroxylation sites is 1. The van der Waals surface area contributed by atoms with Crippen molar-refractivity contribution in [3.8, 4) is 0 Å². The van der Waals surface area contributed by atoms with Crippen LogP contribution in [0.3, 0.4) is 0 Å². The molecule has 0 radical (unpaired) electrons. The van der Waals surface area contributed by atoms with Crippen LogP contribution in [-0.4, -0.2) is 36.7 Å². The lowest BCUT2D eigenvalue weighted by Gasteiger charge is -2.22. The van der Waals surface area contributed by atoms with Gasteiger partial charge in [-0.05, 0) is 35.9 Å². The van der Waals surface area contributed by atoms with Crippen LogP contribution in [0.4, 0.5) is 0 Å². The average Bonchev–Trinajstić information content (AvgIpc) is 2.90. The maximum atomic E-state index is 2.32. The van der Waals surface area contributed by atoms with Crippen LogP contribution in [0.2, 0.25) is 0 Å². The molecule has 0 amide bonds. The summed E-state index contributed by atoms with van der Waals surface area (Å²) in [5, 5.41) is 1.34. The van der Waals surface area contributed by atoms with Gasteiger partial charge in [-0.3, -0.25) is 0 Å². The lowest BCUT2D eigenvalue weighted by atomic mass is 10.1. The van der Waals surface area contributed by atoms with E-state index in [1.807, 2.05) is 0 Å². The molecule has 1 aromatic carbocycles. The Morgan fingerprint density at radius 1 is 0.926 bits per heavy atom. The van der Waals surface area contributed by atoms with Gasteiger partial charge in [0.1, 0.15) is 0 Å². The quantitative estimate of drug-likeness (QED) is 0.250. The summed E-state index contributed by atoms with van der Waals surface area (Å²) in [4.78, 5) is 0. The molecule has 0 spiro atoms. The van der Waals surface area contributed by atoms with Crippen molar-refractivity contribution in [3.05, 3.63) is 66.1 Å². The van der Waals surface area contributed by atoms with E-state index in [1.54, 1.807) is 0 Å². The van der Waals surface area contributed by atoms with Gasteiger partial charge in [-0.1, -0.05) is 18.2 Å². The Balaban J connectivity index is 0.00000182. The van der Waals surface area contributed by atoms with Gasteiger partial charge >= 0.3 is 0 Å². The molecule has 0 saturated carbocycles. The molecular formula is C22H31Br2N3. The number of halogens is 2. The zero-order valence-electron chi connectivity index (χ0n) is 16.8. The number of benzene rings is 1. The first-order valence-electron chi connectivity index (χ1n) is 9.24. The minimum atomic E-state index is 0. The molecule has 3 rings (SSSR count). The fourth-order valence-corrected chi connectivity index (χ4v) is 3.39. The van der Waals surface area contributed by atoms with Gasteiger partial charge in [0.05, 0.1) is 34.1 Å². The molecule has 0 aliphatic heterocycles. The van der Waals surface area contributed by atoms with Crippen LogP contribution in [0.15, 0.2) is 54.9 Å². The predicted molar refractivity (Wildman–Crippen MR) is 104 cm³/mol. The summed E-state index contributed by atoms with van der Waals surface area (Å²) in [5.41, 5.74) is 4.13. The average molecular weight is 497 g/mol. The van der Waals surface area contributed by atoms with E-state index in [9.17, 15) is 0 Å². The molecule has 0 atom stereocenters. The molecule has 2 aromatic heterocycles. The van der Waals surface area contributed by atoms with Crippen LogP contribution >= 0.6 is 0 Å². The third-order valence-electron chi connectivity index (χ3n) is 4.93. The molecule has 2 heterocycles. The van der Waals surface area contributed by atoms with Crippen LogP contribution in [0.5, 0.6) is 0 Å². The van der Waals surface area contributed by atoms with E-state index in [2.05, 4.69) is 92.2 Å². The van der Waals surface area contributed by atoms with Gasteiger partial charge in [-0.2, -0.15) is 0 Å². The van der Waals surface area contributed by atoms with Crippen molar-refractivity contribution >= 4 is 10.9 Å². The number of aromatic nitrogens is 2. The van der Waals surface area contributed by atoms with Crippen molar-refractivity contribution in [2.75, 3.05) is 27.7 Å². The summed E-state index contributed by atoms with van der Waals surface area (Å²) >= 11 is 0. The minimum absolute atomic E-state index is 0. The number of rotatable bonds is 7. The topological polar surface area (TPSA) is 8.81 Å². The summed E-state index contributed by atoms with van der Waals surface area (Å²) in [6.45, 7) is 2.30. The summed E-state index contributed by atoms with van der Waals surface area (Å²) in [7, 11) is 8.92. The molecule has 0 saturated heterocycles. The fraction of sp³-hybridized carbons (Fsp3) is 0.409. The lowest BCUT2D eigenvalue weighted by Crippen LogP contribution is -3.00. The van der Waals surface area contributed by atoms with E-state index in [-0.39, 0.29) is 34.0 Å². The first-order valence-corrected chi connectivity index (χ1v) is 9.24. The van der Waals surface area contributed by atoms with Gasteiger partial charge in [-0.15, -0.1) is 0 Å². The standard InChI is InChI=1S/C22H31N3.2BrH/c1-23-21(18-20-8-5-6-9-22(20)23)11-10-19-12-15-24(16-13-19)14-7-17-25(2,3)4;;/h5-6,8-9,12-13,15-16,18H,7,10-11,14,17H2,1-4H3;2*1H/q+2;;/p-2. The summed E-state index contributed by atoms with van der Waals surface area (Å²) in [6.07, 6.45) is 7.84. The Hall–Kier alpha value is -1.17. The second kappa shape index (κ2) is 10.4. The minimum Gasteiger partial charge on any atom is -1.00 e. The summed E-state index contributed by atoms with van der Waals surface area (Å²) in [5.74, 6) is 0. The van der Waals surface area contributed by atoms with Crippen LogP contribution in [0, 0.1) is 0 Å². The Kier molecular flexibility index (Phi) is 9.19. The number of quaternary nitrogens is 1. The summed E-state index contributed by atoms with van der Waals surface area (Å²) < 4.78 is 5.66. The molecule has 0 fully saturated rings.